The lowest BCUT2D eigenvalue weighted by atomic mass is 10.1. The van der Waals surface area contributed by atoms with Crippen molar-refractivity contribution in [3.63, 3.8) is 0 Å². The molecule has 0 radical (unpaired) electrons. The number of nitrogens with zero attached hydrogens (tertiary/aromatic N) is 4. The third-order valence-electron chi connectivity index (χ3n) is 6.33. The minimum absolute atomic E-state index is 0.168. The molecule has 0 N–H and O–H groups in total. The molecule has 0 bridgehead atoms. The maximum atomic E-state index is 14.0. The molecule has 0 aliphatic rings. The average molecular weight is 561 g/mol. The van der Waals surface area contributed by atoms with Gasteiger partial charge in [-0.15, -0.1) is 5.10 Å². The van der Waals surface area contributed by atoms with Gasteiger partial charge >= 0.3 is 5.97 Å². The molecule has 2 aromatic carbocycles. The fourth-order valence-electron chi connectivity index (χ4n) is 4.13. The third kappa shape index (κ3) is 10.0. The third-order valence-corrected chi connectivity index (χ3v) is 6.33. The summed E-state index contributed by atoms with van der Waals surface area (Å²) in [7, 11) is 0. The summed E-state index contributed by atoms with van der Waals surface area (Å²) < 4.78 is 32.4. The number of carbonyl (C=O) groups is 1. The molecule has 0 spiro atoms. The Bertz CT molecular complexity index is 1430. The number of carbonyl (C=O) groups excluding carboxylic acids is 1. The van der Waals surface area contributed by atoms with Crippen LogP contribution in [0.3, 0.4) is 0 Å². The van der Waals surface area contributed by atoms with Crippen molar-refractivity contribution in [3.05, 3.63) is 94.7 Å². The molecule has 4 aromatic rings. The van der Waals surface area contributed by atoms with E-state index >= 15 is 0 Å². The van der Waals surface area contributed by atoms with Gasteiger partial charge in [0.25, 0.3) is 0 Å². The molecule has 9 heteroatoms. The highest BCUT2D eigenvalue weighted by Gasteiger charge is 2.08. The van der Waals surface area contributed by atoms with Crippen molar-refractivity contribution in [2.75, 3.05) is 6.61 Å². The second-order valence-corrected chi connectivity index (χ2v) is 10.5. The Kier molecular flexibility index (Phi) is 10.8. The Morgan fingerprint density at radius 3 is 2.68 bits per heavy atom. The Hall–Kier alpha value is -4.27. The van der Waals surface area contributed by atoms with Crippen LogP contribution in [0.15, 0.2) is 59.3 Å². The Balaban J connectivity index is 1.13. The molecule has 0 fully saturated rings. The number of oxazole rings is 1. The SMILES string of the molecule is Cc1ccc(/C=C/c2nc(COc3ccc(CCCCn4cc(CCOC(=O)CC(C)C)nn4)cc3)co2)c(F)c1. The second kappa shape index (κ2) is 14.9. The lowest BCUT2D eigenvalue weighted by Crippen LogP contribution is -2.10. The van der Waals surface area contributed by atoms with Gasteiger partial charge in [-0.25, -0.2) is 9.37 Å². The van der Waals surface area contributed by atoms with Gasteiger partial charge < -0.3 is 13.9 Å². The quantitative estimate of drug-likeness (QED) is 0.119. The Morgan fingerprint density at radius 1 is 1.07 bits per heavy atom. The molecular formula is C32H37FN4O4. The number of aryl methyl sites for hydroxylation is 3. The van der Waals surface area contributed by atoms with Gasteiger partial charge in [-0.3, -0.25) is 9.48 Å². The zero-order valence-electron chi connectivity index (χ0n) is 23.9. The first-order valence-corrected chi connectivity index (χ1v) is 14.0. The summed E-state index contributed by atoms with van der Waals surface area (Å²) >= 11 is 0. The van der Waals surface area contributed by atoms with Gasteiger partial charge in [0.15, 0.2) is 0 Å². The number of benzene rings is 2. The molecular weight excluding hydrogens is 523 g/mol. The average Bonchev–Trinajstić information content (AvgIpc) is 3.59. The number of hydrogen-bond donors (Lipinski definition) is 0. The molecule has 0 aliphatic heterocycles. The first kappa shape index (κ1) is 29.7. The van der Waals surface area contributed by atoms with Crippen LogP contribution in [0.4, 0.5) is 4.39 Å². The molecule has 0 atom stereocenters. The molecule has 41 heavy (non-hydrogen) atoms. The summed E-state index contributed by atoms with van der Waals surface area (Å²) in [5, 5.41) is 8.34. The van der Waals surface area contributed by atoms with Gasteiger partial charge in [-0.2, -0.15) is 0 Å². The number of rotatable bonds is 15. The van der Waals surface area contributed by atoms with Crippen molar-refractivity contribution in [2.24, 2.45) is 5.92 Å². The minimum Gasteiger partial charge on any atom is -0.487 e. The van der Waals surface area contributed by atoms with Crippen LogP contribution in [0.5, 0.6) is 5.75 Å². The summed E-state index contributed by atoms with van der Waals surface area (Å²) in [5.74, 6) is 0.989. The summed E-state index contributed by atoms with van der Waals surface area (Å²) in [6.07, 6.45) is 10.7. The van der Waals surface area contributed by atoms with Crippen LogP contribution < -0.4 is 4.74 Å². The zero-order valence-corrected chi connectivity index (χ0v) is 23.9. The number of aromatic nitrogens is 4. The lowest BCUT2D eigenvalue weighted by molar-refractivity contribution is -0.144. The first-order valence-electron chi connectivity index (χ1n) is 14.0. The van der Waals surface area contributed by atoms with Crippen LogP contribution in [0.2, 0.25) is 0 Å². The van der Waals surface area contributed by atoms with Crippen LogP contribution in [-0.2, 0) is 35.5 Å². The number of hydrogen-bond acceptors (Lipinski definition) is 7. The van der Waals surface area contributed by atoms with Crippen LogP contribution in [-0.4, -0.2) is 32.6 Å². The van der Waals surface area contributed by atoms with Crippen molar-refractivity contribution in [2.45, 2.75) is 66.0 Å². The molecule has 0 saturated carbocycles. The number of halogens is 1. The van der Waals surface area contributed by atoms with Crippen molar-refractivity contribution < 1.29 is 23.1 Å². The fourth-order valence-corrected chi connectivity index (χ4v) is 4.13. The predicted octanol–water partition coefficient (Wildman–Crippen LogP) is 6.62. The molecule has 0 aliphatic carbocycles. The summed E-state index contributed by atoms with van der Waals surface area (Å²) in [6, 6.07) is 13.1. The van der Waals surface area contributed by atoms with E-state index in [1.807, 2.05) is 49.8 Å². The van der Waals surface area contributed by atoms with E-state index in [-0.39, 0.29) is 18.4 Å². The van der Waals surface area contributed by atoms with E-state index in [0.29, 0.717) is 42.5 Å². The van der Waals surface area contributed by atoms with E-state index in [1.165, 1.54) is 11.6 Å². The van der Waals surface area contributed by atoms with E-state index < -0.39 is 0 Å². The second-order valence-electron chi connectivity index (χ2n) is 10.5. The van der Waals surface area contributed by atoms with E-state index in [0.717, 1.165) is 42.8 Å². The summed E-state index contributed by atoms with van der Waals surface area (Å²) in [5.41, 5.74) is 4.07. The Labute approximate surface area is 240 Å². The number of esters is 1. The molecule has 8 nitrogen and oxygen atoms in total. The molecule has 0 unspecified atom stereocenters. The van der Waals surface area contributed by atoms with E-state index in [1.54, 1.807) is 24.5 Å². The maximum absolute atomic E-state index is 14.0. The van der Waals surface area contributed by atoms with E-state index in [9.17, 15) is 9.18 Å². The number of unbranched alkanes of at least 4 members (excludes halogenated alkanes) is 1. The van der Waals surface area contributed by atoms with Crippen molar-refractivity contribution in [1.29, 1.82) is 0 Å². The van der Waals surface area contributed by atoms with Gasteiger partial charge in [-0.05, 0) is 67.5 Å². The highest BCUT2D eigenvalue weighted by Crippen LogP contribution is 2.17. The molecule has 4 rings (SSSR count). The monoisotopic (exact) mass is 560 g/mol. The van der Waals surface area contributed by atoms with E-state index in [4.69, 9.17) is 13.9 Å². The molecule has 216 valence electrons. The predicted molar refractivity (Wildman–Crippen MR) is 154 cm³/mol. The van der Waals surface area contributed by atoms with Crippen LogP contribution >= 0.6 is 0 Å². The highest BCUT2D eigenvalue weighted by atomic mass is 19.1. The van der Waals surface area contributed by atoms with Gasteiger partial charge in [0, 0.05) is 37.2 Å². The summed E-state index contributed by atoms with van der Waals surface area (Å²) in [4.78, 5) is 16.0. The van der Waals surface area contributed by atoms with Crippen LogP contribution in [0.25, 0.3) is 12.2 Å². The standard InChI is InChI=1S/C32H37FN4O4/c1-23(2)18-32(38)39-17-15-27-20-37(36-35-27)16-5-4-6-25-8-12-29(13-9-25)40-21-28-22-41-31(34-28)14-11-26-10-7-24(3)19-30(26)33/h7-14,19-20,22-23H,4-6,15-18,21H2,1-3H3/b14-11+. The smallest absolute Gasteiger partial charge is 0.306 e. The maximum Gasteiger partial charge on any atom is 0.306 e. The fraction of sp³-hybridized carbons (Fsp3) is 0.375. The van der Waals surface area contributed by atoms with Gasteiger partial charge in [0.1, 0.15) is 30.1 Å². The highest BCUT2D eigenvalue weighted by molar-refractivity contribution is 5.69. The zero-order chi connectivity index (χ0) is 29.0. The van der Waals surface area contributed by atoms with E-state index in [2.05, 4.69) is 27.4 Å². The normalized spacial score (nSPS) is 11.4. The van der Waals surface area contributed by atoms with Crippen molar-refractivity contribution >= 4 is 18.1 Å². The van der Waals surface area contributed by atoms with Gasteiger partial charge in [-0.1, -0.05) is 43.3 Å². The Morgan fingerprint density at radius 2 is 1.90 bits per heavy atom. The molecule has 0 saturated heterocycles. The first-order chi connectivity index (χ1) is 19.8. The molecule has 0 amide bonds. The summed E-state index contributed by atoms with van der Waals surface area (Å²) in [6.45, 7) is 7.23. The largest absolute Gasteiger partial charge is 0.487 e. The lowest BCUT2D eigenvalue weighted by Gasteiger charge is -2.06. The molecule has 2 aromatic heterocycles. The van der Waals surface area contributed by atoms with Crippen LogP contribution in [0, 0.1) is 18.7 Å². The number of ether oxygens (including phenoxy) is 2. The minimum atomic E-state index is -0.279. The molecule has 2 heterocycles. The van der Waals surface area contributed by atoms with Crippen LogP contribution in [0.1, 0.15) is 67.1 Å². The van der Waals surface area contributed by atoms with Gasteiger partial charge in [0.05, 0.1) is 12.3 Å². The topological polar surface area (TPSA) is 92.3 Å². The van der Waals surface area contributed by atoms with Gasteiger partial charge in [0.2, 0.25) is 5.89 Å². The van der Waals surface area contributed by atoms with Crippen molar-refractivity contribution in [3.8, 4) is 5.75 Å². The van der Waals surface area contributed by atoms with Crippen molar-refractivity contribution in [1.82, 2.24) is 20.0 Å².